The lowest BCUT2D eigenvalue weighted by atomic mass is 9.86. The summed E-state index contributed by atoms with van der Waals surface area (Å²) in [4.78, 5) is 2.52. The van der Waals surface area contributed by atoms with Crippen molar-refractivity contribution >= 4 is 7.05 Å². The summed E-state index contributed by atoms with van der Waals surface area (Å²) >= 11 is 0. The molecule has 3 heteroatoms. The topological polar surface area (TPSA) is 12.5 Å². The molecule has 2 unspecified atom stereocenters. The Balaban J connectivity index is 0. The second kappa shape index (κ2) is 18.6. The molecule has 156 valence electrons. The molecule has 2 fully saturated rings. The molecule has 2 aliphatic heterocycles. The average Bonchev–Trinajstić information content (AvgIpc) is 3.33. The summed E-state index contributed by atoms with van der Waals surface area (Å²) in [6.07, 6.45) is 31.2. The lowest BCUT2D eigenvalue weighted by Crippen LogP contribution is -2.40. The van der Waals surface area contributed by atoms with E-state index in [0.29, 0.717) is 6.04 Å². The van der Waals surface area contributed by atoms with Gasteiger partial charge in [0.2, 0.25) is 0 Å². The van der Waals surface area contributed by atoms with E-state index >= 15 is 0 Å². The molecule has 0 bridgehead atoms. The second-order valence-electron chi connectivity index (χ2n) is 6.26. The predicted molar refractivity (Wildman–Crippen MR) is 129 cm³/mol. The van der Waals surface area contributed by atoms with Gasteiger partial charge in [-0.25, -0.2) is 0 Å². The van der Waals surface area contributed by atoms with E-state index in [1.807, 2.05) is 32.9 Å². The molecule has 2 heterocycles. The summed E-state index contributed by atoms with van der Waals surface area (Å²) in [5, 5.41) is 0. The summed E-state index contributed by atoms with van der Waals surface area (Å²) in [5.41, 5.74) is -0.0747. The van der Waals surface area contributed by atoms with E-state index in [9.17, 15) is 0 Å². The first-order chi connectivity index (χ1) is 13.6. The largest absolute Gasteiger partial charge is 0.411 e. The van der Waals surface area contributed by atoms with Crippen molar-refractivity contribution in [2.75, 3.05) is 6.54 Å². The predicted octanol–water partition coefficient (Wildman–Crippen LogP) is 6.85. The number of hydrogen-bond acceptors (Lipinski definition) is 2. The molecule has 2 atom stereocenters. The second-order valence-corrected chi connectivity index (χ2v) is 6.26. The average molecular weight is 383 g/mol. The highest BCUT2D eigenvalue weighted by molar-refractivity contribution is 6.48. The highest BCUT2D eigenvalue weighted by Gasteiger charge is 2.52. The fraction of sp³-hybridized carbons (Fsp3) is 0.520. The number of rotatable bonds is 6. The lowest BCUT2D eigenvalue weighted by molar-refractivity contribution is 0.111. The Morgan fingerprint density at radius 3 is 2.29 bits per heavy atom. The van der Waals surface area contributed by atoms with E-state index in [2.05, 4.69) is 81.4 Å². The highest BCUT2D eigenvalue weighted by atomic mass is 16.5. The third-order valence-electron chi connectivity index (χ3n) is 4.68. The maximum absolute atomic E-state index is 6.28. The van der Waals surface area contributed by atoms with Crippen molar-refractivity contribution < 1.29 is 4.65 Å². The Labute approximate surface area is 176 Å². The normalized spacial score (nSPS) is 23.9. The van der Waals surface area contributed by atoms with E-state index < -0.39 is 0 Å². The molecule has 2 saturated heterocycles. The minimum Gasteiger partial charge on any atom is -0.411 e. The van der Waals surface area contributed by atoms with Crippen molar-refractivity contribution in [1.82, 2.24) is 4.81 Å². The SMILES string of the molecule is C#C.C=C/C=C\C.CC.CC\C=C/C=C\C=C\C1(CC)OB(C)N2CCCC21. The van der Waals surface area contributed by atoms with Crippen molar-refractivity contribution in [3.63, 3.8) is 0 Å². The summed E-state index contributed by atoms with van der Waals surface area (Å²) in [6, 6.07) is 0.573. The van der Waals surface area contributed by atoms with Gasteiger partial charge in [0, 0.05) is 6.04 Å². The van der Waals surface area contributed by atoms with Crippen LogP contribution in [0.4, 0.5) is 0 Å². The zero-order valence-electron chi connectivity index (χ0n) is 19.1. The van der Waals surface area contributed by atoms with Crippen LogP contribution in [0.5, 0.6) is 0 Å². The first-order valence-corrected chi connectivity index (χ1v) is 10.7. The Morgan fingerprint density at radius 1 is 1.14 bits per heavy atom. The number of fused-ring (bicyclic) bond motifs is 1. The van der Waals surface area contributed by atoms with Gasteiger partial charge in [-0.05, 0) is 46.0 Å². The van der Waals surface area contributed by atoms with Crippen LogP contribution in [0.15, 0.2) is 61.3 Å². The van der Waals surface area contributed by atoms with Gasteiger partial charge in [0.1, 0.15) is 0 Å². The van der Waals surface area contributed by atoms with Crippen LogP contribution >= 0.6 is 0 Å². The minimum atomic E-state index is -0.0747. The monoisotopic (exact) mass is 383 g/mol. The van der Waals surface area contributed by atoms with Crippen LogP contribution in [0.25, 0.3) is 0 Å². The van der Waals surface area contributed by atoms with Gasteiger partial charge >= 0.3 is 7.05 Å². The van der Waals surface area contributed by atoms with Crippen LogP contribution in [0.1, 0.15) is 60.3 Å². The van der Waals surface area contributed by atoms with Crippen molar-refractivity contribution in [1.29, 1.82) is 0 Å². The third-order valence-corrected chi connectivity index (χ3v) is 4.68. The molecule has 2 aliphatic rings. The van der Waals surface area contributed by atoms with E-state index in [4.69, 9.17) is 4.65 Å². The van der Waals surface area contributed by atoms with Crippen LogP contribution in [-0.4, -0.2) is 30.0 Å². The van der Waals surface area contributed by atoms with Gasteiger partial charge in [-0.15, -0.1) is 12.8 Å². The molecule has 0 spiro atoms. The smallest absolute Gasteiger partial charge is 0.380 e. The maximum Gasteiger partial charge on any atom is 0.380 e. The third kappa shape index (κ3) is 9.44. The zero-order chi connectivity index (χ0) is 21.8. The molecule has 28 heavy (non-hydrogen) atoms. The highest BCUT2D eigenvalue weighted by Crippen LogP contribution is 2.40. The van der Waals surface area contributed by atoms with Crippen LogP contribution < -0.4 is 0 Å². The lowest BCUT2D eigenvalue weighted by Gasteiger charge is -2.30. The summed E-state index contributed by atoms with van der Waals surface area (Å²) in [6.45, 7) is 17.2. The molecule has 0 saturated carbocycles. The summed E-state index contributed by atoms with van der Waals surface area (Å²) < 4.78 is 6.28. The quantitative estimate of drug-likeness (QED) is 0.282. The van der Waals surface area contributed by atoms with Gasteiger partial charge in [-0.1, -0.05) is 89.0 Å². The minimum absolute atomic E-state index is 0.0747. The van der Waals surface area contributed by atoms with Crippen LogP contribution in [0.3, 0.4) is 0 Å². The van der Waals surface area contributed by atoms with Gasteiger partial charge in [-0.2, -0.15) is 0 Å². The summed E-state index contributed by atoms with van der Waals surface area (Å²) in [7, 11) is 0.265. The number of hydrogen-bond donors (Lipinski definition) is 0. The van der Waals surface area contributed by atoms with Gasteiger partial charge in [0.25, 0.3) is 0 Å². The van der Waals surface area contributed by atoms with E-state index in [0.717, 1.165) is 12.8 Å². The number of nitrogens with zero attached hydrogens (tertiary/aromatic N) is 1. The molecular formula is C25H42BNO. The fourth-order valence-corrected chi connectivity index (χ4v) is 3.50. The van der Waals surface area contributed by atoms with Gasteiger partial charge in [0.05, 0.1) is 5.60 Å². The molecule has 2 nitrogen and oxygen atoms in total. The van der Waals surface area contributed by atoms with Gasteiger partial charge in [0.15, 0.2) is 0 Å². The molecule has 0 aromatic rings. The standard InChI is InChI=1S/C16H26BNO.C5H8.C2H6.C2H2/c1-4-6-7-8-9-10-13-16(5-2)15-12-11-14-18(15)17(3)19-16;1-3-5-4-2;2*1-2/h6-10,13,15H,4-5,11-12,14H2,1-3H3;3-5H,1H2,2H3;1-2H3;1-2H/b7-6-,9-8-,13-10+;5-4-;;. The molecule has 0 aromatic carbocycles. The molecular weight excluding hydrogens is 341 g/mol. The summed E-state index contributed by atoms with van der Waals surface area (Å²) in [5.74, 6) is 0. The maximum atomic E-state index is 6.28. The van der Waals surface area contributed by atoms with Gasteiger partial charge in [-0.3, -0.25) is 0 Å². The van der Waals surface area contributed by atoms with E-state index in [1.165, 1.54) is 19.4 Å². The van der Waals surface area contributed by atoms with Crippen molar-refractivity contribution in [3.8, 4) is 12.8 Å². The first-order valence-electron chi connectivity index (χ1n) is 10.7. The van der Waals surface area contributed by atoms with Crippen LogP contribution in [0, 0.1) is 12.8 Å². The molecule has 0 N–H and O–H groups in total. The Kier molecular flexibility index (Phi) is 18.9. The molecule has 0 aromatic heterocycles. The Bertz CT molecular complexity index is 518. The Hall–Kier alpha value is -1.76. The first kappa shape index (κ1) is 28.5. The fourth-order valence-electron chi connectivity index (χ4n) is 3.50. The van der Waals surface area contributed by atoms with E-state index in [1.54, 1.807) is 6.08 Å². The van der Waals surface area contributed by atoms with Crippen LogP contribution in [-0.2, 0) is 4.65 Å². The van der Waals surface area contributed by atoms with Gasteiger partial charge < -0.3 is 9.47 Å². The molecule has 2 rings (SSSR count). The zero-order valence-corrected chi connectivity index (χ0v) is 19.1. The number of allylic oxidation sites excluding steroid dienone is 8. The molecule has 0 radical (unpaired) electrons. The number of terminal acetylenes is 1. The van der Waals surface area contributed by atoms with Crippen molar-refractivity contribution in [2.24, 2.45) is 0 Å². The molecule has 0 amide bonds. The Morgan fingerprint density at radius 2 is 1.79 bits per heavy atom. The van der Waals surface area contributed by atoms with Crippen molar-refractivity contribution in [2.45, 2.75) is 78.8 Å². The van der Waals surface area contributed by atoms with Crippen LogP contribution in [0.2, 0.25) is 6.82 Å². The van der Waals surface area contributed by atoms with E-state index in [-0.39, 0.29) is 12.7 Å². The van der Waals surface area contributed by atoms with Crippen molar-refractivity contribution in [3.05, 3.63) is 61.3 Å². The molecule has 0 aliphatic carbocycles.